The Morgan fingerprint density at radius 2 is 1.62 bits per heavy atom. The lowest BCUT2D eigenvalue weighted by Gasteiger charge is -2.54. The molecule has 168 valence electrons. The molecule has 4 aliphatic rings. The second kappa shape index (κ2) is 7.80. The molecule has 0 amide bonds. The Labute approximate surface area is 176 Å². The number of carbonyl (C=O) groups excluding carboxylic acids is 1. The Morgan fingerprint density at radius 1 is 1.03 bits per heavy atom. The smallest absolute Gasteiger partial charge is 0.313 e. The van der Waals surface area contributed by atoms with E-state index in [1.54, 1.807) is 0 Å². The minimum Gasteiger partial charge on any atom is -0.458 e. The van der Waals surface area contributed by atoms with Crippen LogP contribution >= 0.6 is 0 Å². The highest BCUT2D eigenvalue weighted by Gasteiger charge is 2.59. The van der Waals surface area contributed by atoms with E-state index < -0.39 is 22.7 Å². The molecule has 4 saturated carbocycles. The van der Waals surface area contributed by atoms with Gasteiger partial charge in [-0.15, -0.1) is 0 Å². The van der Waals surface area contributed by atoms with Gasteiger partial charge in [-0.3, -0.25) is 4.79 Å². The van der Waals surface area contributed by atoms with Crippen molar-refractivity contribution in [3.05, 3.63) is 0 Å². The molecular formula is C24H42O5. The summed E-state index contributed by atoms with van der Waals surface area (Å²) in [6.07, 6.45) is 6.07. The van der Waals surface area contributed by atoms with Crippen LogP contribution in [0.3, 0.4) is 0 Å². The van der Waals surface area contributed by atoms with Crippen molar-refractivity contribution >= 4 is 5.97 Å². The normalized spacial score (nSPS) is 36.3. The zero-order chi connectivity index (χ0) is 21.7. The first-order chi connectivity index (χ1) is 13.4. The number of rotatable bonds is 7. The summed E-state index contributed by atoms with van der Waals surface area (Å²) in [7, 11) is 0. The minimum atomic E-state index is -0.571. The molecule has 4 aliphatic carbocycles. The van der Waals surface area contributed by atoms with Crippen LogP contribution < -0.4 is 0 Å². The van der Waals surface area contributed by atoms with Gasteiger partial charge in [-0.2, -0.15) is 0 Å². The molecule has 5 nitrogen and oxygen atoms in total. The SMILES string of the molecule is CC(C)C(C)(C(=O)OC12CC3CCC(OC(CO)CO)(CC(C3)C1)C2)C(C)(C)C. The fraction of sp³-hybridized carbons (Fsp3) is 0.958. The van der Waals surface area contributed by atoms with E-state index >= 15 is 0 Å². The van der Waals surface area contributed by atoms with Crippen LogP contribution in [0.25, 0.3) is 0 Å². The molecule has 0 radical (unpaired) electrons. The summed E-state index contributed by atoms with van der Waals surface area (Å²) in [5.41, 5.74) is -1.65. The van der Waals surface area contributed by atoms with Gasteiger partial charge in [-0.1, -0.05) is 34.6 Å². The van der Waals surface area contributed by atoms with Crippen LogP contribution in [-0.2, 0) is 14.3 Å². The maximum Gasteiger partial charge on any atom is 0.313 e. The highest BCUT2D eigenvalue weighted by atomic mass is 16.6. The van der Waals surface area contributed by atoms with Crippen molar-refractivity contribution in [1.29, 1.82) is 0 Å². The Kier molecular flexibility index (Phi) is 6.19. The molecular weight excluding hydrogens is 368 g/mol. The van der Waals surface area contributed by atoms with Gasteiger partial charge in [-0.05, 0) is 68.6 Å². The molecule has 4 rings (SSSR count). The summed E-state index contributed by atoms with van der Waals surface area (Å²) >= 11 is 0. The van der Waals surface area contributed by atoms with Crippen molar-refractivity contribution in [2.45, 2.75) is 104 Å². The third-order valence-electron chi connectivity index (χ3n) is 8.57. The quantitative estimate of drug-likeness (QED) is 0.618. The summed E-state index contributed by atoms with van der Waals surface area (Å²) in [5.74, 6) is 1.13. The van der Waals surface area contributed by atoms with E-state index in [0.29, 0.717) is 18.3 Å². The Balaban J connectivity index is 1.89. The first kappa shape index (κ1) is 23.0. The Morgan fingerprint density at radius 3 is 2.17 bits per heavy atom. The van der Waals surface area contributed by atoms with Crippen LogP contribution in [0, 0.1) is 28.6 Å². The average molecular weight is 411 g/mol. The maximum atomic E-state index is 13.6. The largest absolute Gasteiger partial charge is 0.458 e. The number of carbonyl (C=O) groups is 1. The van der Waals surface area contributed by atoms with Crippen LogP contribution in [0.15, 0.2) is 0 Å². The molecule has 4 fully saturated rings. The van der Waals surface area contributed by atoms with Gasteiger partial charge < -0.3 is 19.7 Å². The standard InChI is InChI=1S/C24H42O5/c1-16(2)22(6,21(3,4)5)20(27)29-24-10-17-7-8-23(15-24,11-18(9-17)12-24)28-19(13-25)14-26/h16-19,25-26H,7-15H2,1-6H3. The van der Waals surface area contributed by atoms with Crippen LogP contribution in [0.4, 0.5) is 0 Å². The number of aliphatic hydroxyl groups is 2. The van der Waals surface area contributed by atoms with Crippen molar-refractivity contribution in [2.24, 2.45) is 28.6 Å². The summed E-state index contributed by atoms with van der Waals surface area (Å²) in [4.78, 5) is 13.6. The van der Waals surface area contributed by atoms with Gasteiger partial charge in [0.1, 0.15) is 11.7 Å². The number of fused-ring (bicyclic) bond motifs is 1. The molecule has 0 aromatic heterocycles. The minimum absolute atomic E-state index is 0.0852. The van der Waals surface area contributed by atoms with E-state index in [0.717, 1.165) is 32.1 Å². The lowest BCUT2D eigenvalue weighted by molar-refractivity contribution is -0.220. The van der Waals surface area contributed by atoms with E-state index in [1.165, 1.54) is 6.42 Å². The van der Waals surface area contributed by atoms with Gasteiger partial charge >= 0.3 is 5.97 Å². The summed E-state index contributed by atoms with van der Waals surface area (Å²) in [6.45, 7) is 12.3. The van der Waals surface area contributed by atoms with E-state index in [2.05, 4.69) is 34.6 Å². The summed E-state index contributed by atoms with van der Waals surface area (Å²) < 4.78 is 12.9. The lowest BCUT2D eigenvalue weighted by atomic mass is 9.60. The fourth-order valence-corrected chi connectivity index (χ4v) is 6.60. The first-order valence-corrected chi connectivity index (χ1v) is 11.5. The van der Waals surface area contributed by atoms with Crippen LogP contribution in [0.5, 0.6) is 0 Å². The average Bonchev–Trinajstić information content (AvgIpc) is 2.80. The number of hydrogen-bond donors (Lipinski definition) is 2. The van der Waals surface area contributed by atoms with Gasteiger partial charge in [-0.25, -0.2) is 0 Å². The van der Waals surface area contributed by atoms with E-state index in [4.69, 9.17) is 9.47 Å². The molecule has 5 unspecified atom stereocenters. The molecule has 5 atom stereocenters. The molecule has 29 heavy (non-hydrogen) atoms. The van der Waals surface area contributed by atoms with Crippen molar-refractivity contribution in [1.82, 2.24) is 0 Å². The second-order valence-corrected chi connectivity index (χ2v) is 11.8. The van der Waals surface area contributed by atoms with Crippen LogP contribution in [0.2, 0.25) is 0 Å². The number of esters is 1. The van der Waals surface area contributed by atoms with Gasteiger partial charge in [0, 0.05) is 6.42 Å². The molecule has 0 heterocycles. The predicted molar refractivity (Wildman–Crippen MR) is 112 cm³/mol. The fourth-order valence-electron chi connectivity index (χ4n) is 6.60. The van der Waals surface area contributed by atoms with Crippen molar-refractivity contribution in [3.63, 3.8) is 0 Å². The van der Waals surface area contributed by atoms with E-state index in [1.807, 2.05) is 6.92 Å². The third-order valence-corrected chi connectivity index (χ3v) is 8.57. The highest BCUT2D eigenvalue weighted by molar-refractivity contribution is 5.78. The Bertz CT molecular complexity index is 607. The molecule has 2 N–H and O–H groups in total. The zero-order valence-electron chi connectivity index (χ0n) is 19.3. The predicted octanol–water partition coefficient (Wildman–Crippen LogP) is 4.09. The zero-order valence-corrected chi connectivity index (χ0v) is 19.3. The molecule has 5 heteroatoms. The topological polar surface area (TPSA) is 76.0 Å². The maximum absolute atomic E-state index is 13.6. The van der Waals surface area contributed by atoms with Gasteiger partial charge in [0.25, 0.3) is 0 Å². The Hall–Kier alpha value is -0.650. The lowest BCUT2D eigenvalue weighted by Crippen LogP contribution is -2.57. The van der Waals surface area contributed by atoms with Crippen molar-refractivity contribution in [2.75, 3.05) is 13.2 Å². The van der Waals surface area contributed by atoms with E-state index in [9.17, 15) is 15.0 Å². The molecule has 0 aromatic rings. The van der Waals surface area contributed by atoms with Crippen LogP contribution in [0.1, 0.15) is 86.5 Å². The molecule has 0 aliphatic heterocycles. The van der Waals surface area contributed by atoms with Gasteiger partial charge in [0.05, 0.1) is 24.2 Å². The summed E-state index contributed by atoms with van der Waals surface area (Å²) in [6, 6.07) is 0. The van der Waals surface area contributed by atoms with E-state index in [-0.39, 0.29) is 30.5 Å². The second-order valence-electron chi connectivity index (χ2n) is 11.8. The molecule has 4 bridgehead atoms. The number of aliphatic hydroxyl groups excluding tert-OH is 2. The molecule has 0 aromatic carbocycles. The van der Waals surface area contributed by atoms with Crippen molar-refractivity contribution in [3.8, 4) is 0 Å². The first-order valence-electron chi connectivity index (χ1n) is 11.5. The van der Waals surface area contributed by atoms with Crippen LogP contribution in [-0.4, -0.2) is 46.7 Å². The third kappa shape index (κ3) is 4.12. The van der Waals surface area contributed by atoms with Crippen molar-refractivity contribution < 1.29 is 24.5 Å². The molecule has 0 spiro atoms. The highest BCUT2D eigenvalue weighted by Crippen LogP contribution is 2.59. The van der Waals surface area contributed by atoms with Gasteiger partial charge in [0.15, 0.2) is 0 Å². The summed E-state index contributed by atoms with van der Waals surface area (Å²) in [5, 5.41) is 19.2. The number of hydrogen-bond acceptors (Lipinski definition) is 5. The monoisotopic (exact) mass is 410 g/mol. The number of ether oxygens (including phenoxy) is 2. The molecule has 0 saturated heterocycles. The van der Waals surface area contributed by atoms with Gasteiger partial charge in [0.2, 0.25) is 0 Å².